The number of hydrogen-bond donors (Lipinski definition) is 1. The molecule has 1 N–H and O–H groups in total. The molecule has 0 spiro atoms. The first-order valence-electron chi connectivity index (χ1n) is 7.83. The van der Waals surface area contributed by atoms with Crippen LogP contribution in [0.5, 0.6) is 0 Å². The molecule has 0 aliphatic heterocycles. The van der Waals surface area contributed by atoms with Crippen molar-refractivity contribution in [2.75, 3.05) is 40.5 Å². The molecule has 21 heavy (non-hydrogen) atoms. The molecule has 0 aromatic heterocycles. The summed E-state index contributed by atoms with van der Waals surface area (Å²) in [5, 5.41) is 3.57. The third-order valence-corrected chi connectivity index (χ3v) is 3.79. The average Bonchev–Trinajstić information content (AvgIpc) is 3.32. The Hall–Kier alpha value is -0.940. The van der Waals surface area contributed by atoms with Crippen LogP contribution in [0.3, 0.4) is 0 Å². The van der Waals surface area contributed by atoms with Crippen molar-refractivity contribution in [3.63, 3.8) is 0 Å². The molecule has 0 unspecified atom stereocenters. The lowest BCUT2D eigenvalue weighted by atomic mass is 10.1. The van der Waals surface area contributed by atoms with Crippen LogP contribution in [-0.4, -0.2) is 51.5 Å². The second-order valence-electron chi connectivity index (χ2n) is 5.74. The van der Waals surface area contributed by atoms with E-state index < -0.39 is 0 Å². The fraction of sp³-hybridized carbons (Fsp3) is 0.647. The fourth-order valence-corrected chi connectivity index (χ4v) is 2.36. The van der Waals surface area contributed by atoms with Crippen molar-refractivity contribution < 1.29 is 9.47 Å². The monoisotopic (exact) mass is 292 g/mol. The van der Waals surface area contributed by atoms with Crippen LogP contribution in [-0.2, 0) is 22.6 Å². The maximum atomic E-state index is 5.19. The van der Waals surface area contributed by atoms with E-state index in [9.17, 15) is 0 Å². The smallest absolute Gasteiger partial charge is 0.0589 e. The highest BCUT2D eigenvalue weighted by atomic mass is 16.5. The van der Waals surface area contributed by atoms with Gasteiger partial charge in [-0.05, 0) is 24.0 Å². The highest BCUT2D eigenvalue weighted by molar-refractivity contribution is 5.23. The molecule has 0 saturated heterocycles. The van der Waals surface area contributed by atoms with E-state index in [0.29, 0.717) is 0 Å². The van der Waals surface area contributed by atoms with Crippen molar-refractivity contribution in [2.45, 2.75) is 32.0 Å². The molecule has 0 bridgehead atoms. The zero-order valence-electron chi connectivity index (χ0n) is 13.3. The Bertz CT molecular complexity index is 400. The first-order chi connectivity index (χ1) is 10.3. The molecule has 2 rings (SSSR count). The Kier molecular flexibility index (Phi) is 7.16. The van der Waals surface area contributed by atoms with E-state index in [4.69, 9.17) is 9.47 Å². The van der Waals surface area contributed by atoms with Gasteiger partial charge in [-0.15, -0.1) is 0 Å². The third kappa shape index (κ3) is 6.57. The minimum Gasteiger partial charge on any atom is -0.383 e. The largest absolute Gasteiger partial charge is 0.383 e. The number of benzene rings is 1. The van der Waals surface area contributed by atoms with E-state index in [1.54, 1.807) is 14.2 Å². The molecule has 1 aromatic carbocycles. The molecule has 0 heterocycles. The van der Waals surface area contributed by atoms with Crippen LogP contribution in [0.4, 0.5) is 0 Å². The van der Waals surface area contributed by atoms with Gasteiger partial charge in [-0.2, -0.15) is 0 Å². The first-order valence-corrected chi connectivity index (χ1v) is 7.83. The molecule has 0 radical (unpaired) electrons. The highest BCUT2D eigenvalue weighted by Gasteiger charge is 2.19. The van der Waals surface area contributed by atoms with Crippen LogP contribution in [0.25, 0.3) is 0 Å². The second-order valence-corrected chi connectivity index (χ2v) is 5.74. The summed E-state index contributed by atoms with van der Waals surface area (Å²) in [6.45, 7) is 5.31. The zero-order valence-corrected chi connectivity index (χ0v) is 13.3. The number of ether oxygens (including phenoxy) is 2. The summed E-state index contributed by atoms with van der Waals surface area (Å²) in [5.74, 6) is 0. The molecule has 4 nitrogen and oxygen atoms in total. The van der Waals surface area contributed by atoms with Gasteiger partial charge in [0.15, 0.2) is 0 Å². The molecule has 1 aliphatic rings. The van der Waals surface area contributed by atoms with Gasteiger partial charge in [0.1, 0.15) is 0 Å². The van der Waals surface area contributed by atoms with Gasteiger partial charge >= 0.3 is 0 Å². The lowest BCUT2D eigenvalue weighted by molar-refractivity contribution is 0.110. The summed E-state index contributed by atoms with van der Waals surface area (Å²) in [7, 11) is 3.50. The van der Waals surface area contributed by atoms with Gasteiger partial charge in [0, 0.05) is 46.4 Å². The van der Waals surface area contributed by atoms with Crippen LogP contribution in [0, 0.1) is 0 Å². The maximum Gasteiger partial charge on any atom is 0.0589 e. The molecular weight excluding hydrogens is 264 g/mol. The number of nitrogens with one attached hydrogen (secondary N) is 1. The van der Waals surface area contributed by atoms with Crippen LogP contribution >= 0.6 is 0 Å². The van der Waals surface area contributed by atoms with Gasteiger partial charge in [0.05, 0.1) is 13.2 Å². The van der Waals surface area contributed by atoms with E-state index in [1.165, 1.54) is 24.0 Å². The number of methoxy groups -OCH3 is 2. The van der Waals surface area contributed by atoms with Crippen molar-refractivity contribution in [2.24, 2.45) is 0 Å². The van der Waals surface area contributed by atoms with E-state index >= 15 is 0 Å². The Morgan fingerprint density at radius 1 is 1.10 bits per heavy atom. The molecule has 1 aliphatic carbocycles. The quantitative estimate of drug-likeness (QED) is 0.677. The Morgan fingerprint density at radius 3 is 2.38 bits per heavy atom. The summed E-state index contributed by atoms with van der Waals surface area (Å²) in [6.07, 6.45) is 2.67. The SMILES string of the molecule is COCCN(CCOC)Cc1cccc(CNC2CC2)c1. The molecule has 1 aromatic rings. The van der Waals surface area contributed by atoms with Gasteiger partial charge in [-0.3, -0.25) is 4.90 Å². The van der Waals surface area contributed by atoms with E-state index in [-0.39, 0.29) is 0 Å². The van der Waals surface area contributed by atoms with Crippen LogP contribution in [0.1, 0.15) is 24.0 Å². The van der Waals surface area contributed by atoms with E-state index in [2.05, 4.69) is 34.5 Å². The minimum absolute atomic E-state index is 0.757. The summed E-state index contributed by atoms with van der Waals surface area (Å²) < 4.78 is 10.4. The zero-order chi connectivity index (χ0) is 14.9. The van der Waals surface area contributed by atoms with E-state index in [0.717, 1.165) is 45.4 Å². The molecular formula is C17H28N2O2. The normalized spacial score (nSPS) is 14.8. The summed E-state index contributed by atoms with van der Waals surface area (Å²) in [5.41, 5.74) is 2.73. The first kappa shape index (κ1) is 16.4. The van der Waals surface area contributed by atoms with E-state index in [1.807, 2.05) is 0 Å². The van der Waals surface area contributed by atoms with Crippen LogP contribution < -0.4 is 5.32 Å². The minimum atomic E-state index is 0.757. The number of nitrogens with zero attached hydrogens (tertiary/aromatic N) is 1. The lowest BCUT2D eigenvalue weighted by Gasteiger charge is -2.22. The summed E-state index contributed by atoms with van der Waals surface area (Å²) >= 11 is 0. The van der Waals surface area contributed by atoms with Gasteiger partial charge < -0.3 is 14.8 Å². The Morgan fingerprint density at radius 2 is 1.76 bits per heavy atom. The van der Waals surface area contributed by atoms with Gasteiger partial charge in [-0.1, -0.05) is 24.3 Å². The number of rotatable bonds is 11. The number of hydrogen-bond acceptors (Lipinski definition) is 4. The average molecular weight is 292 g/mol. The highest BCUT2D eigenvalue weighted by Crippen LogP contribution is 2.19. The third-order valence-electron chi connectivity index (χ3n) is 3.79. The molecule has 118 valence electrons. The molecule has 1 fully saturated rings. The summed E-state index contributed by atoms with van der Waals surface area (Å²) in [4.78, 5) is 2.38. The molecule has 1 saturated carbocycles. The fourth-order valence-electron chi connectivity index (χ4n) is 2.36. The summed E-state index contributed by atoms with van der Waals surface area (Å²) in [6, 6.07) is 9.63. The van der Waals surface area contributed by atoms with Crippen molar-refractivity contribution >= 4 is 0 Å². The standard InChI is InChI=1S/C17H28N2O2/c1-20-10-8-19(9-11-21-2)14-16-5-3-4-15(12-16)13-18-17-6-7-17/h3-5,12,17-18H,6-11,13-14H2,1-2H3. The van der Waals surface area contributed by atoms with Crippen LogP contribution in [0.15, 0.2) is 24.3 Å². The predicted molar refractivity (Wildman–Crippen MR) is 85.3 cm³/mol. The molecule has 4 heteroatoms. The van der Waals surface area contributed by atoms with Gasteiger partial charge in [-0.25, -0.2) is 0 Å². The van der Waals surface area contributed by atoms with Crippen molar-refractivity contribution in [1.29, 1.82) is 0 Å². The molecule has 0 amide bonds. The van der Waals surface area contributed by atoms with Gasteiger partial charge in [0.2, 0.25) is 0 Å². The topological polar surface area (TPSA) is 33.7 Å². The van der Waals surface area contributed by atoms with Crippen molar-refractivity contribution in [3.8, 4) is 0 Å². The second kappa shape index (κ2) is 9.15. The Labute approximate surface area is 128 Å². The van der Waals surface area contributed by atoms with Crippen molar-refractivity contribution in [1.82, 2.24) is 10.2 Å². The van der Waals surface area contributed by atoms with Gasteiger partial charge in [0.25, 0.3) is 0 Å². The van der Waals surface area contributed by atoms with Crippen LogP contribution in [0.2, 0.25) is 0 Å². The Balaban J connectivity index is 1.86. The maximum absolute atomic E-state index is 5.19. The molecule has 0 atom stereocenters. The lowest BCUT2D eigenvalue weighted by Crippen LogP contribution is -2.30. The predicted octanol–water partition coefficient (Wildman–Crippen LogP) is 2.03. The van der Waals surface area contributed by atoms with Crippen molar-refractivity contribution in [3.05, 3.63) is 35.4 Å².